The number of fused-ring (bicyclic) bond motifs is 1. The van der Waals surface area contributed by atoms with Crippen LogP contribution >= 0.6 is 0 Å². The van der Waals surface area contributed by atoms with Crippen LogP contribution in [0.2, 0.25) is 0 Å². The number of carbonyl (C=O) groups excluding carboxylic acids is 2. The summed E-state index contributed by atoms with van der Waals surface area (Å²) in [5.74, 6) is -0.0308. The summed E-state index contributed by atoms with van der Waals surface area (Å²) >= 11 is 0. The maximum Gasteiger partial charge on any atom is 0.234 e. The largest absolute Gasteiger partial charge is 0.354 e. The molecule has 2 aliphatic rings. The Morgan fingerprint density at radius 1 is 1.30 bits per heavy atom. The quantitative estimate of drug-likeness (QED) is 0.877. The maximum absolute atomic E-state index is 12.2. The smallest absolute Gasteiger partial charge is 0.234 e. The lowest BCUT2D eigenvalue weighted by Gasteiger charge is -2.26. The van der Waals surface area contributed by atoms with E-state index in [1.807, 2.05) is 11.8 Å². The van der Waals surface area contributed by atoms with Gasteiger partial charge in [-0.05, 0) is 49.3 Å². The third-order valence-corrected chi connectivity index (χ3v) is 4.73. The Kier molecular flexibility index (Phi) is 4.96. The predicted octanol–water partition coefficient (Wildman–Crippen LogP) is 1.17. The molecule has 0 aromatic heterocycles. The fourth-order valence-corrected chi connectivity index (χ4v) is 3.42. The number of rotatable bonds is 4. The molecule has 0 spiro atoms. The molecule has 3 rings (SSSR count). The highest BCUT2D eigenvalue weighted by Gasteiger charge is 2.20. The molecule has 5 heteroatoms. The zero-order chi connectivity index (χ0) is 16.2. The van der Waals surface area contributed by atoms with Crippen LogP contribution in [-0.2, 0) is 22.4 Å². The van der Waals surface area contributed by atoms with Gasteiger partial charge in [0, 0.05) is 13.1 Å². The topological polar surface area (TPSA) is 61.4 Å². The molecular weight excluding hydrogens is 290 g/mol. The first kappa shape index (κ1) is 16.0. The van der Waals surface area contributed by atoms with Gasteiger partial charge in [0.05, 0.1) is 19.1 Å². The van der Waals surface area contributed by atoms with Gasteiger partial charge in [-0.2, -0.15) is 0 Å². The van der Waals surface area contributed by atoms with Gasteiger partial charge in [-0.25, -0.2) is 0 Å². The van der Waals surface area contributed by atoms with Gasteiger partial charge < -0.3 is 10.6 Å². The number of nitrogens with one attached hydrogen (secondary N) is 2. The van der Waals surface area contributed by atoms with Gasteiger partial charge in [0.2, 0.25) is 11.8 Å². The van der Waals surface area contributed by atoms with Crippen LogP contribution in [-0.4, -0.2) is 42.9 Å². The number of hydrogen-bond donors (Lipinski definition) is 2. The summed E-state index contributed by atoms with van der Waals surface area (Å²) in [7, 11) is 0. The monoisotopic (exact) mass is 315 g/mol. The zero-order valence-corrected chi connectivity index (χ0v) is 13.7. The van der Waals surface area contributed by atoms with E-state index in [0.717, 1.165) is 18.5 Å². The lowest BCUT2D eigenvalue weighted by atomic mass is 9.89. The van der Waals surface area contributed by atoms with Crippen molar-refractivity contribution in [2.45, 2.75) is 38.6 Å². The maximum atomic E-state index is 12.2. The van der Waals surface area contributed by atoms with E-state index in [2.05, 4.69) is 28.8 Å². The first-order valence-electron chi connectivity index (χ1n) is 8.52. The standard InChI is InChI=1S/C18H25N3O2/c1-13(15-7-6-14-4-2-3-5-16(14)10-15)20-18(23)12-21-9-8-19-17(22)11-21/h6-7,10,13H,2-5,8-9,11-12H2,1H3,(H,19,22)(H,20,23). The molecule has 1 aromatic rings. The third kappa shape index (κ3) is 4.10. The minimum Gasteiger partial charge on any atom is -0.354 e. The van der Waals surface area contributed by atoms with Gasteiger partial charge in [-0.15, -0.1) is 0 Å². The lowest BCUT2D eigenvalue weighted by Crippen LogP contribution is -2.50. The second-order valence-corrected chi connectivity index (χ2v) is 6.59. The molecule has 1 aliphatic carbocycles. The number of carbonyl (C=O) groups is 2. The highest BCUT2D eigenvalue weighted by Crippen LogP contribution is 2.24. The second kappa shape index (κ2) is 7.13. The van der Waals surface area contributed by atoms with Crippen LogP contribution in [0.25, 0.3) is 0 Å². The van der Waals surface area contributed by atoms with E-state index in [1.165, 1.54) is 30.4 Å². The van der Waals surface area contributed by atoms with Crippen LogP contribution in [0.15, 0.2) is 18.2 Å². The van der Waals surface area contributed by atoms with Gasteiger partial charge >= 0.3 is 0 Å². The van der Waals surface area contributed by atoms with Crippen LogP contribution in [0.4, 0.5) is 0 Å². The average Bonchev–Trinajstić information content (AvgIpc) is 2.54. The summed E-state index contributed by atoms with van der Waals surface area (Å²) in [6, 6.07) is 6.58. The van der Waals surface area contributed by atoms with Gasteiger partial charge in [0.1, 0.15) is 0 Å². The Balaban J connectivity index is 1.56. The number of amides is 2. The Bertz CT molecular complexity index is 600. The predicted molar refractivity (Wildman–Crippen MR) is 89.1 cm³/mol. The molecule has 0 bridgehead atoms. The van der Waals surface area contributed by atoms with Crippen LogP contribution < -0.4 is 10.6 Å². The summed E-state index contributed by atoms with van der Waals surface area (Å²) in [6.45, 7) is 3.95. The summed E-state index contributed by atoms with van der Waals surface area (Å²) in [5, 5.41) is 5.82. The van der Waals surface area contributed by atoms with E-state index in [-0.39, 0.29) is 24.4 Å². The van der Waals surface area contributed by atoms with Crippen molar-refractivity contribution >= 4 is 11.8 Å². The molecule has 2 N–H and O–H groups in total. The number of benzene rings is 1. The molecule has 23 heavy (non-hydrogen) atoms. The summed E-state index contributed by atoms with van der Waals surface area (Å²) in [6.07, 6.45) is 4.86. The first-order chi connectivity index (χ1) is 11.1. The van der Waals surface area contributed by atoms with Gasteiger partial charge in [0.15, 0.2) is 0 Å². The molecule has 5 nitrogen and oxygen atoms in total. The highest BCUT2D eigenvalue weighted by atomic mass is 16.2. The van der Waals surface area contributed by atoms with Crippen LogP contribution in [0, 0.1) is 0 Å². The van der Waals surface area contributed by atoms with Gasteiger partial charge in [-0.3, -0.25) is 14.5 Å². The molecule has 2 amide bonds. The molecule has 124 valence electrons. The molecular formula is C18H25N3O2. The number of hydrogen-bond acceptors (Lipinski definition) is 3. The normalized spacial score (nSPS) is 19.6. The van der Waals surface area contributed by atoms with Crippen molar-refractivity contribution in [2.24, 2.45) is 0 Å². The van der Waals surface area contributed by atoms with E-state index in [9.17, 15) is 9.59 Å². The Labute approximate surface area is 137 Å². The van der Waals surface area contributed by atoms with E-state index >= 15 is 0 Å². The van der Waals surface area contributed by atoms with Gasteiger partial charge in [-0.1, -0.05) is 18.2 Å². The molecule has 1 heterocycles. The zero-order valence-electron chi connectivity index (χ0n) is 13.7. The SMILES string of the molecule is CC(NC(=O)CN1CCNC(=O)C1)c1ccc2c(c1)CCCC2. The molecule has 0 saturated carbocycles. The molecule has 1 fully saturated rings. The van der Waals surface area contributed by atoms with Crippen molar-refractivity contribution in [2.75, 3.05) is 26.2 Å². The van der Waals surface area contributed by atoms with Crippen molar-refractivity contribution < 1.29 is 9.59 Å². The molecule has 0 radical (unpaired) electrons. The fourth-order valence-electron chi connectivity index (χ4n) is 3.42. The van der Waals surface area contributed by atoms with E-state index in [1.54, 1.807) is 0 Å². The molecule has 1 aliphatic heterocycles. The lowest BCUT2D eigenvalue weighted by molar-refractivity contribution is -0.127. The van der Waals surface area contributed by atoms with E-state index < -0.39 is 0 Å². The fraction of sp³-hybridized carbons (Fsp3) is 0.556. The number of aryl methyl sites for hydroxylation is 2. The summed E-state index contributed by atoms with van der Waals surface area (Å²) in [5.41, 5.74) is 4.05. The van der Waals surface area contributed by atoms with Crippen molar-refractivity contribution in [1.82, 2.24) is 15.5 Å². The van der Waals surface area contributed by atoms with Crippen molar-refractivity contribution in [3.8, 4) is 0 Å². The Morgan fingerprint density at radius 3 is 2.87 bits per heavy atom. The third-order valence-electron chi connectivity index (χ3n) is 4.73. The van der Waals surface area contributed by atoms with Gasteiger partial charge in [0.25, 0.3) is 0 Å². The molecule has 1 saturated heterocycles. The summed E-state index contributed by atoms with van der Waals surface area (Å²) in [4.78, 5) is 25.4. The van der Waals surface area contributed by atoms with Crippen molar-refractivity contribution in [1.29, 1.82) is 0 Å². The minimum atomic E-state index is -0.0232. The number of piperazine rings is 1. The second-order valence-electron chi connectivity index (χ2n) is 6.59. The first-order valence-corrected chi connectivity index (χ1v) is 8.52. The van der Waals surface area contributed by atoms with Crippen LogP contribution in [0.1, 0.15) is 42.5 Å². The number of nitrogens with zero attached hydrogens (tertiary/aromatic N) is 1. The average molecular weight is 315 g/mol. The minimum absolute atomic E-state index is 0.00616. The molecule has 1 aromatic carbocycles. The molecule has 1 unspecified atom stereocenters. The van der Waals surface area contributed by atoms with Crippen molar-refractivity contribution in [3.05, 3.63) is 34.9 Å². The van der Waals surface area contributed by atoms with Crippen molar-refractivity contribution in [3.63, 3.8) is 0 Å². The Morgan fingerprint density at radius 2 is 2.09 bits per heavy atom. The van der Waals surface area contributed by atoms with E-state index in [4.69, 9.17) is 0 Å². The summed E-state index contributed by atoms with van der Waals surface area (Å²) < 4.78 is 0. The van der Waals surface area contributed by atoms with Crippen LogP contribution in [0.3, 0.4) is 0 Å². The highest BCUT2D eigenvalue weighted by molar-refractivity contribution is 5.82. The van der Waals surface area contributed by atoms with E-state index in [0.29, 0.717) is 13.1 Å². The Hall–Kier alpha value is -1.88. The van der Waals surface area contributed by atoms with Crippen LogP contribution in [0.5, 0.6) is 0 Å². The molecule has 1 atom stereocenters.